The number of benzene rings is 2. The van der Waals surface area contributed by atoms with Crippen molar-refractivity contribution in [1.29, 1.82) is 5.26 Å². The molecule has 3 aromatic rings. The number of halogens is 2. The first-order chi connectivity index (χ1) is 12.2. The second-order valence-electron chi connectivity index (χ2n) is 6.06. The Hall–Kier alpha value is -2.06. The van der Waals surface area contributed by atoms with Gasteiger partial charge in [0.25, 0.3) is 0 Å². The van der Waals surface area contributed by atoms with E-state index in [1.807, 2.05) is 22.8 Å². The Morgan fingerprint density at radius 2 is 2.00 bits per heavy atom. The maximum Gasteiger partial charge on any atom is 0.135 e. The summed E-state index contributed by atoms with van der Waals surface area (Å²) in [5, 5.41) is 10.9. The summed E-state index contributed by atoms with van der Waals surface area (Å²) in [6, 6.07) is 11.4. The number of aromatic nitrogens is 2. The fourth-order valence-electron chi connectivity index (χ4n) is 3.33. The Labute approximate surface area is 155 Å². The van der Waals surface area contributed by atoms with Gasteiger partial charge in [0.2, 0.25) is 0 Å². The van der Waals surface area contributed by atoms with Crippen LogP contribution in [0, 0.1) is 11.3 Å². The van der Waals surface area contributed by atoms with Gasteiger partial charge in [0.1, 0.15) is 12.3 Å². The first kappa shape index (κ1) is 16.4. The molecule has 25 heavy (non-hydrogen) atoms. The van der Waals surface area contributed by atoms with Gasteiger partial charge in [0.05, 0.1) is 22.9 Å². The third kappa shape index (κ3) is 2.89. The van der Waals surface area contributed by atoms with Gasteiger partial charge in [-0.2, -0.15) is 5.26 Å². The Bertz CT molecular complexity index is 984. The van der Waals surface area contributed by atoms with Gasteiger partial charge >= 0.3 is 0 Å². The number of rotatable bonds is 2. The van der Waals surface area contributed by atoms with Gasteiger partial charge in [0.15, 0.2) is 0 Å². The van der Waals surface area contributed by atoms with Crippen molar-refractivity contribution in [2.24, 2.45) is 0 Å². The summed E-state index contributed by atoms with van der Waals surface area (Å²) >= 11 is 12.4. The van der Waals surface area contributed by atoms with Gasteiger partial charge in [-0.1, -0.05) is 35.3 Å². The summed E-state index contributed by atoms with van der Waals surface area (Å²) in [6.07, 6.45) is 4.77. The van der Waals surface area contributed by atoms with Gasteiger partial charge in [-0.05, 0) is 37.5 Å². The van der Waals surface area contributed by atoms with E-state index in [2.05, 4.69) is 11.1 Å². The minimum atomic E-state index is -0.0817. The van der Waals surface area contributed by atoms with Crippen molar-refractivity contribution in [2.75, 3.05) is 6.61 Å². The monoisotopic (exact) mass is 371 g/mol. The van der Waals surface area contributed by atoms with E-state index >= 15 is 0 Å². The zero-order valence-electron chi connectivity index (χ0n) is 13.4. The van der Waals surface area contributed by atoms with Crippen molar-refractivity contribution < 1.29 is 4.74 Å². The van der Waals surface area contributed by atoms with Crippen LogP contribution in [0.4, 0.5) is 0 Å². The van der Waals surface area contributed by atoms with Gasteiger partial charge in [0, 0.05) is 27.8 Å². The van der Waals surface area contributed by atoms with E-state index < -0.39 is 0 Å². The highest BCUT2D eigenvalue weighted by atomic mass is 35.5. The molecule has 4 nitrogen and oxygen atoms in total. The minimum Gasteiger partial charge on any atom is -0.358 e. The van der Waals surface area contributed by atoms with Crippen LogP contribution >= 0.6 is 23.2 Å². The molecule has 1 saturated heterocycles. The first-order valence-electron chi connectivity index (χ1n) is 8.15. The normalized spacial score (nSPS) is 17.6. The van der Waals surface area contributed by atoms with Crippen molar-refractivity contribution in [3.8, 4) is 17.2 Å². The number of hydrogen-bond donors (Lipinski definition) is 0. The molecule has 6 heteroatoms. The molecule has 0 N–H and O–H groups in total. The summed E-state index contributed by atoms with van der Waals surface area (Å²) in [5.41, 5.74) is 3.67. The van der Waals surface area contributed by atoms with Crippen molar-refractivity contribution in [2.45, 2.75) is 25.5 Å². The fourth-order valence-corrected chi connectivity index (χ4v) is 3.85. The van der Waals surface area contributed by atoms with Crippen molar-refractivity contribution in [3.63, 3.8) is 0 Å². The lowest BCUT2D eigenvalue weighted by molar-refractivity contribution is -0.0295. The molecule has 0 bridgehead atoms. The number of hydrogen-bond acceptors (Lipinski definition) is 3. The van der Waals surface area contributed by atoms with Gasteiger partial charge in [-0.25, -0.2) is 4.98 Å². The Morgan fingerprint density at radius 1 is 1.16 bits per heavy atom. The van der Waals surface area contributed by atoms with Crippen LogP contribution in [-0.4, -0.2) is 16.2 Å². The molecule has 0 radical (unpaired) electrons. The average molecular weight is 372 g/mol. The molecule has 126 valence electrons. The Morgan fingerprint density at radius 3 is 2.72 bits per heavy atom. The van der Waals surface area contributed by atoms with Crippen molar-refractivity contribution in [3.05, 3.63) is 52.3 Å². The molecule has 0 amide bonds. The highest BCUT2D eigenvalue weighted by Crippen LogP contribution is 2.36. The Balaban J connectivity index is 1.93. The summed E-state index contributed by atoms with van der Waals surface area (Å²) < 4.78 is 7.86. The molecule has 1 atom stereocenters. The highest BCUT2D eigenvalue weighted by molar-refractivity contribution is 6.36. The predicted molar refractivity (Wildman–Crippen MR) is 98.7 cm³/mol. The third-order valence-corrected chi connectivity index (χ3v) is 5.08. The maximum absolute atomic E-state index is 9.86. The molecular formula is C19H15Cl2N3O. The maximum atomic E-state index is 9.86. The fraction of sp³-hybridized carbons (Fsp3) is 0.263. The molecule has 1 aromatic heterocycles. The minimum absolute atomic E-state index is 0.0817. The quantitative estimate of drug-likeness (QED) is 0.590. The zero-order chi connectivity index (χ0) is 17.4. The van der Waals surface area contributed by atoms with Gasteiger partial charge in [-0.3, -0.25) is 0 Å². The summed E-state index contributed by atoms with van der Waals surface area (Å²) in [6.45, 7) is 0.731. The van der Waals surface area contributed by atoms with Crippen molar-refractivity contribution in [1.82, 2.24) is 9.55 Å². The molecule has 4 rings (SSSR count). The number of nitriles is 1. The van der Waals surface area contributed by atoms with E-state index in [4.69, 9.17) is 27.9 Å². The Kier molecular flexibility index (Phi) is 4.39. The van der Waals surface area contributed by atoms with Crippen LogP contribution < -0.4 is 0 Å². The molecule has 0 spiro atoms. The highest BCUT2D eigenvalue weighted by Gasteiger charge is 2.22. The summed E-state index contributed by atoms with van der Waals surface area (Å²) in [7, 11) is 0. The van der Waals surface area contributed by atoms with Gasteiger partial charge < -0.3 is 9.30 Å². The molecule has 2 heterocycles. The van der Waals surface area contributed by atoms with Gasteiger partial charge in [-0.15, -0.1) is 0 Å². The first-order valence-corrected chi connectivity index (χ1v) is 8.91. The molecule has 1 unspecified atom stereocenters. The van der Waals surface area contributed by atoms with E-state index in [0.29, 0.717) is 15.6 Å². The van der Waals surface area contributed by atoms with E-state index in [-0.39, 0.29) is 6.23 Å². The molecule has 1 aliphatic heterocycles. The van der Waals surface area contributed by atoms with Crippen molar-refractivity contribution >= 4 is 34.2 Å². The number of imidazole rings is 1. The second-order valence-corrected chi connectivity index (χ2v) is 6.91. The molecule has 2 aromatic carbocycles. The molecule has 0 aliphatic carbocycles. The lowest BCUT2D eigenvalue weighted by atomic mass is 9.98. The van der Waals surface area contributed by atoms with Crippen LogP contribution in [0.3, 0.4) is 0 Å². The molecular weight excluding hydrogens is 357 g/mol. The van der Waals surface area contributed by atoms with Crippen LogP contribution in [0.1, 0.15) is 31.1 Å². The third-order valence-electron chi connectivity index (χ3n) is 4.54. The molecule has 0 saturated carbocycles. The van der Waals surface area contributed by atoms with Crippen LogP contribution in [0.5, 0.6) is 0 Å². The lowest BCUT2D eigenvalue weighted by Crippen LogP contribution is -2.17. The van der Waals surface area contributed by atoms with E-state index in [1.54, 1.807) is 18.5 Å². The van der Waals surface area contributed by atoms with E-state index in [9.17, 15) is 5.26 Å². The topological polar surface area (TPSA) is 50.8 Å². The number of nitrogens with zero attached hydrogens (tertiary/aromatic N) is 3. The number of fused-ring (bicyclic) bond motifs is 1. The number of ether oxygens (including phenoxy) is 1. The second kappa shape index (κ2) is 6.68. The van der Waals surface area contributed by atoms with E-state index in [1.165, 1.54) is 0 Å². The smallest absolute Gasteiger partial charge is 0.135 e. The predicted octanol–water partition coefficient (Wildman–Crippen LogP) is 5.58. The van der Waals surface area contributed by atoms with Crippen LogP contribution in [-0.2, 0) is 4.74 Å². The summed E-state index contributed by atoms with van der Waals surface area (Å²) in [5.74, 6) is 0. The SMILES string of the molecule is N#Cc1c(-c2ccc(Cl)cc2Cl)ccc2ncn(C3CCCCO3)c12. The molecule has 1 aliphatic rings. The van der Waals surface area contributed by atoms with Crippen LogP contribution in [0.15, 0.2) is 36.7 Å². The van der Waals surface area contributed by atoms with E-state index in [0.717, 1.165) is 48.0 Å². The molecule has 1 fully saturated rings. The van der Waals surface area contributed by atoms with Crippen LogP contribution in [0.25, 0.3) is 22.2 Å². The van der Waals surface area contributed by atoms with Crippen LogP contribution in [0.2, 0.25) is 10.0 Å². The standard InChI is InChI=1S/C19H15Cl2N3O/c20-12-4-5-14(16(21)9-12)13-6-7-17-19(15(13)10-22)24(11-23-17)18-3-1-2-8-25-18/h4-7,9,11,18H,1-3,8H2. The largest absolute Gasteiger partial charge is 0.358 e. The average Bonchev–Trinajstić information content (AvgIpc) is 3.06. The summed E-state index contributed by atoms with van der Waals surface area (Å²) in [4.78, 5) is 4.45. The lowest BCUT2D eigenvalue weighted by Gasteiger charge is -2.24. The zero-order valence-corrected chi connectivity index (χ0v) is 14.9.